The Labute approximate surface area is 228 Å². The van der Waals surface area contributed by atoms with Gasteiger partial charge in [-0.15, -0.1) is 0 Å². The second-order valence-electron chi connectivity index (χ2n) is 9.27. The molecule has 1 aromatic carbocycles. The van der Waals surface area contributed by atoms with Gasteiger partial charge in [-0.3, -0.25) is 14.4 Å². The number of nitrogens with one attached hydrogen (secondary N) is 1. The maximum Gasteiger partial charge on any atom is 0.259 e. The maximum atomic E-state index is 14.6. The van der Waals surface area contributed by atoms with Gasteiger partial charge in [-0.2, -0.15) is 0 Å². The Morgan fingerprint density at radius 2 is 1.82 bits per heavy atom. The Bertz CT molecular complexity index is 1140. The van der Waals surface area contributed by atoms with E-state index in [4.69, 9.17) is 9.47 Å². The molecule has 0 aromatic heterocycles. The molecule has 39 heavy (non-hydrogen) atoms. The number of ether oxygens (including phenoxy) is 2. The summed E-state index contributed by atoms with van der Waals surface area (Å²) in [5.41, 5.74) is 2.79. The van der Waals surface area contributed by atoms with Gasteiger partial charge in [-0.25, -0.2) is 4.39 Å². The van der Waals surface area contributed by atoms with E-state index in [1.165, 1.54) is 21.9 Å². The van der Waals surface area contributed by atoms with Crippen LogP contribution in [0.5, 0.6) is 0 Å². The number of aliphatic hydroxyl groups is 1. The number of carbonyl (C=O) groups excluding carboxylic acids is 3. The molecule has 9 nitrogen and oxygen atoms in total. The fraction of sp³-hybridized carbons (Fsp3) is 0.483. The SMILES string of the molecule is C=C/C(CC)=C(\C=C(/CC)NC(=O)C(O)C1OCCN(c2ccc(F)c(C(=O)N3CCOCC3)c2)C1=O)CC. The van der Waals surface area contributed by atoms with Crippen molar-refractivity contribution in [3.8, 4) is 0 Å². The van der Waals surface area contributed by atoms with Crippen molar-refractivity contribution in [1.82, 2.24) is 10.2 Å². The van der Waals surface area contributed by atoms with Gasteiger partial charge in [0, 0.05) is 31.0 Å². The monoisotopic (exact) mass is 543 g/mol. The van der Waals surface area contributed by atoms with Crippen molar-refractivity contribution in [3.63, 3.8) is 0 Å². The predicted octanol–water partition coefficient (Wildman–Crippen LogP) is 3.10. The molecule has 2 aliphatic rings. The van der Waals surface area contributed by atoms with Crippen LogP contribution in [0.2, 0.25) is 0 Å². The first-order valence-electron chi connectivity index (χ1n) is 13.4. The summed E-state index contributed by atoms with van der Waals surface area (Å²) in [6, 6.07) is 3.84. The number of anilines is 1. The Morgan fingerprint density at radius 3 is 2.44 bits per heavy atom. The number of halogens is 1. The molecule has 0 aliphatic carbocycles. The highest BCUT2D eigenvalue weighted by atomic mass is 19.1. The van der Waals surface area contributed by atoms with E-state index >= 15 is 0 Å². The summed E-state index contributed by atoms with van der Waals surface area (Å²) in [4.78, 5) is 42.0. The molecule has 2 saturated heterocycles. The fourth-order valence-electron chi connectivity index (χ4n) is 4.60. The number of morpholine rings is 2. The highest BCUT2D eigenvalue weighted by molar-refractivity contribution is 6.02. The van der Waals surface area contributed by atoms with E-state index in [9.17, 15) is 23.9 Å². The Morgan fingerprint density at radius 1 is 1.13 bits per heavy atom. The van der Waals surface area contributed by atoms with Crippen LogP contribution in [0.15, 0.2) is 53.8 Å². The largest absolute Gasteiger partial charge is 0.380 e. The summed E-state index contributed by atoms with van der Waals surface area (Å²) in [6.45, 7) is 11.3. The van der Waals surface area contributed by atoms with E-state index in [2.05, 4.69) is 11.9 Å². The first kappa shape index (κ1) is 30.2. The molecular weight excluding hydrogens is 505 g/mol. The summed E-state index contributed by atoms with van der Waals surface area (Å²) >= 11 is 0. The number of benzene rings is 1. The van der Waals surface area contributed by atoms with Crippen LogP contribution in [-0.4, -0.2) is 79.4 Å². The molecule has 2 unspecified atom stereocenters. The third-order valence-electron chi connectivity index (χ3n) is 6.90. The predicted molar refractivity (Wildman–Crippen MR) is 146 cm³/mol. The van der Waals surface area contributed by atoms with Gasteiger partial charge in [0.05, 0.1) is 25.4 Å². The lowest BCUT2D eigenvalue weighted by Gasteiger charge is -2.34. The van der Waals surface area contributed by atoms with Crippen LogP contribution in [0.3, 0.4) is 0 Å². The second-order valence-corrected chi connectivity index (χ2v) is 9.27. The summed E-state index contributed by atoms with van der Waals surface area (Å²) < 4.78 is 25.4. The minimum absolute atomic E-state index is 0.0449. The van der Waals surface area contributed by atoms with Crippen LogP contribution >= 0.6 is 0 Å². The lowest BCUT2D eigenvalue weighted by Crippen LogP contribution is -2.56. The normalized spacial score (nSPS) is 19.9. The number of nitrogens with zero attached hydrogens (tertiary/aromatic N) is 2. The van der Waals surface area contributed by atoms with Crippen molar-refractivity contribution in [3.05, 3.63) is 65.2 Å². The topological polar surface area (TPSA) is 108 Å². The van der Waals surface area contributed by atoms with Gasteiger partial charge >= 0.3 is 0 Å². The van der Waals surface area contributed by atoms with Crippen LogP contribution < -0.4 is 10.2 Å². The van der Waals surface area contributed by atoms with Crippen molar-refractivity contribution >= 4 is 23.4 Å². The average molecular weight is 544 g/mol. The quantitative estimate of drug-likeness (QED) is 0.439. The Kier molecular flexibility index (Phi) is 11.0. The standard InChI is InChI=1S/C29H38FN3O6/c1-5-19(6-2)20(7-3)17-21(8-4)31-27(35)25(34)26-29(37)33(13-16-39-26)22-9-10-24(30)23(18-22)28(36)32-11-14-38-15-12-32/h5,9-10,17-18,25-26,34H,1,6-8,11-16H2,2-4H3,(H,31,35)/b20-19+,21-17+. The van der Waals surface area contributed by atoms with Gasteiger partial charge in [-0.1, -0.05) is 33.4 Å². The summed E-state index contributed by atoms with van der Waals surface area (Å²) in [5, 5.41) is 13.5. The summed E-state index contributed by atoms with van der Waals surface area (Å²) in [5.74, 6) is -2.61. The van der Waals surface area contributed by atoms with E-state index in [1.54, 1.807) is 6.08 Å². The third kappa shape index (κ3) is 7.20. The Balaban J connectivity index is 1.77. The number of hydrogen-bond donors (Lipinski definition) is 2. The first-order valence-corrected chi connectivity index (χ1v) is 13.4. The number of amides is 3. The molecular formula is C29H38FN3O6. The number of rotatable bonds is 10. The zero-order chi connectivity index (χ0) is 28.5. The van der Waals surface area contributed by atoms with Crippen LogP contribution in [-0.2, 0) is 19.1 Å². The molecule has 2 fully saturated rings. The highest BCUT2D eigenvalue weighted by Crippen LogP contribution is 2.25. The van der Waals surface area contributed by atoms with Crippen molar-refractivity contribution in [2.45, 2.75) is 52.2 Å². The minimum Gasteiger partial charge on any atom is -0.380 e. The lowest BCUT2D eigenvalue weighted by atomic mass is 10.0. The van der Waals surface area contributed by atoms with Gasteiger partial charge < -0.3 is 29.7 Å². The molecule has 2 aliphatic heterocycles. The van der Waals surface area contributed by atoms with Crippen molar-refractivity contribution in [1.29, 1.82) is 0 Å². The third-order valence-corrected chi connectivity index (χ3v) is 6.90. The molecule has 3 amide bonds. The minimum atomic E-state index is -1.77. The molecule has 0 radical (unpaired) electrons. The van der Waals surface area contributed by atoms with E-state index in [1.807, 2.05) is 26.8 Å². The van der Waals surface area contributed by atoms with Crippen molar-refractivity contribution < 1.29 is 33.4 Å². The number of hydrogen-bond acceptors (Lipinski definition) is 6. The van der Waals surface area contributed by atoms with E-state index in [-0.39, 0.29) is 24.4 Å². The zero-order valence-corrected chi connectivity index (χ0v) is 22.9. The molecule has 10 heteroatoms. The maximum absolute atomic E-state index is 14.6. The highest BCUT2D eigenvalue weighted by Gasteiger charge is 2.40. The molecule has 212 valence electrons. The van der Waals surface area contributed by atoms with Crippen LogP contribution in [0.4, 0.5) is 10.1 Å². The van der Waals surface area contributed by atoms with E-state index in [0.29, 0.717) is 38.4 Å². The zero-order valence-electron chi connectivity index (χ0n) is 22.9. The molecule has 2 N–H and O–H groups in total. The van der Waals surface area contributed by atoms with Crippen molar-refractivity contribution in [2.24, 2.45) is 0 Å². The van der Waals surface area contributed by atoms with Crippen LogP contribution in [0, 0.1) is 5.82 Å². The van der Waals surface area contributed by atoms with Gasteiger partial charge in [-0.05, 0) is 54.7 Å². The van der Waals surface area contributed by atoms with Crippen LogP contribution in [0.1, 0.15) is 50.4 Å². The summed E-state index contributed by atoms with van der Waals surface area (Å²) in [7, 11) is 0. The van der Waals surface area contributed by atoms with Crippen molar-refractivity contribution in [2.75, 3.05) is 44.4 Å². The molecule has 0 spiro atoms. The number of allylic oxidation sites excluding steroid dienone is 5. The molecule has 2 heterocycles. The number of aliphatic hydroxyl groups excluding tert-OH is 1. The Hall–Kier alpha value is -3.34. The van der Waals surface area contributed by atoms with Gasteiger partial charge in [0.25, 0.3) is 17.7 Å². The molecule has 0 saturated carbocycles. The smallest absolute Gasteiger partial charge is 0.259 e. The molecule has 3 rings (SSSR count). The molecule has 0 bridgehead atoms. The van der Waals surface area contributed by atoms with E-state index in [0.717, 1.165) is 30.1 Å². The van der Waals surface area contributed by atoms with E-state index < -0.39 is 35.7 Å². The molecule has 2 atom stereocenters. The first-order chi connectivity index (χ1) is 18.7. The molecule has 1 aromatic rings. The van der Waals surface area contributed by atoms with Gasteiger partial charge in [0.1, 0.15) is 5.82 Å². The number of carbonyl (C=O) groups is 3. The van der Waals surface area contributed by atoms with Crippen LogP contribution in [0.25, 0.3) is 0 Å². The van der Waals surface area contributed by atoms with Gasteiger partial charge in [0.15, 0.2) is 12.2 Å². The fourth-order valence-corrected chi connectivity index (χ4v) is 4.60. The lowest BCUT2D eigenvalue weighted by molar-refractivity contribution is -0.152. The second kappa shape index (κ2) is 14.2. The average Bonchev–Trinajstić information content (AvgIpc) is 2.96. The van der Waals surface area contributed by atoms with Gasteiger partial charge in [0.2, 0.25) is 0 Å². The summed E-state index contributed by atoms with van der Waals surface area (Å²) in [6.07, 6.45) is 2.45.